The third-order valence-corrected chi connectivity index (χ3v) is 4.94. The molecular formula is C21H25FN4O2. The van der Waals surface area contributed by atoms with Crippen molar-refractivity contribution in [2.75, 3.05) is 23.7 Å². The maximum atomic E-state index is 12.9. The Kier molecular flexibility index (Phi) is 6.60. The zero-order valence-electron chi connectivity index (χ0n) is 15.8. The Morgan fingerprint density at radius 2 is 1.57 bits per heavy atom. The van der Waals surface area contributed by atoms with Gasteiger partial charge in [-0.1, -0.05) is 18.2 Å². The molecule has 1 atom stereocenters. The predicted molar refractivity (Wildman–Crippen MR) is 108 cm³/mol. The molecule has 2 aromatic carbocycles. The van der Waals surface area contributed by atoms with Crippen molar-refractivity contribution in [3.63, 3.8) is 0 Å². The minimum absolute atomic E-state index is 0.0355. The Bertz CT molecular complexity index is 790. The van der Waals surface area contributed by atoms with Gasteiger partial charge in [0.1, 0.15) is 5.82 Å². The summed E-state index contributed by atoms with van der Waals surface area (Å²) in [5, 5.41) is 8.57. The van der Waals surface area contributed by atoms with Gasteiger partial charge in [0.2, 0.25) is 5.91 Å². The number of halogens is 1. The second-order valence-corrected chi connectivity index (χ2v) is 6.95. The number of rotatable bonds is 5. The number of anilines is 2. The summed E-state index contributed by atoms with van der Waals surface area (Å²) < 4.78 is 12.9. The lowest BCUT2D eigenvalue weighted by molar-refractivity contribution is -0.121. The molecule has 148 valence electrons. The molecule has 7 heteroatoms. The summed E-state index contributed by atoms with van der Waals surface area (Å²) >= 11 is 0. The molecule has 0 bridgehead atoms. The minimum Gasteiger partial charge on any atom is -0.335 e. The van der Waals surface area contributed by atoms with Crippen molar-refractivity contribution in [1.82, 2.24) is 10.2 Å². The van der Waals surface area contributed by atoms with Crippen molar-refractivity contribution in [3.8, 4) is 0 Å². The van der Waals surface area contributed by atoms with Crippen LogP contribution in [-0.4, -0.2) is 42.0 Å². The van der Waals surface area contributed by atoms with E-state index in [0.717, 1.165) is 31.6 Å². The third-order valence-electron chi connectivity index (χ3n) is 4.94. The van der Waals surface area contributed by atoms with Gasteiger partial charge in [-0.3, -0.25) is 9.69 Å². The summed E-state index contributed by atoms with van der Waals surface area (Å²) in [6.07, 6.45) is 1.53. The molecule has 6 nitrogen and oxygen atoms in total. The highest BCUT2D eigenvalue weighted by molar-refractivity contribution is 5.94. The van der Waals surface area contributed by atoms with E-state index in [0.29, 0.717) is 5.69 Å². The average molecular weight is 384 g/mol. The van der Waals surface area contributed by atoms with Crippen LogP contribution in [0.1, 0.15) is 19.8 Å². The largest absolute Gasteiger partial charge is 0.335 e. The monoisotopic (exact) mass is 384 g/mol. The molecule has 28 heavy (non-hydrogen) atoms. The summed E-state index contributed by atoms with van der Waals surface area (Å²) in [6, 6.07) is 14.5. The summed E-state index contributed by atoms with van der Waals surface area (Å²) in [6.45, 7) is 3.35. The molecule has 0 saturated carbocycles. The van der Waals surface area contributed by atoms with Crippen LogP contribution in [0.15, 0.2) is 54.6 Å². The second kappa shape index (κ2) is 9.32. The van der Waals surface area contributed by atoms with E-state index in [9.17, 15) is 14.0 Å². The number of hydrogen-bond acceptors (Lipinski definition) is 3. The lowest BCUT2D eigenvalue weighted by Crippen LogP contribution is -2.51. The normalized spacial score (nSPS) is 16.2. The van der Waals surface area contributed by atoms with Gasteiger partial charge in [-0.05, 0) is 56.2 Å². The van der Waals surface area contributed by atoms with Gasteiger partial charge in [0, 0.05) is 30.5 Å². The van der Waals surface area contributed by atoms with E-state index in [-0.39, 0.29) is 29.8 Å². The maximum absolute atomic E-state index is 12.9. The number of carbonyl (C=O) groups excluding carboxylic acids is 2. The van der Waals surface area contributed by atoms with E-state index in [1.807, 2.05) is 37.3 Å². The van der Waals surface area contributed by atoms with Gasteiger partial charge in [0.25, 0.3) is 0 Å². The number of likely N-dealkylation sites (tertiary alicyclic amines) is 1. The topological polar surface area (TPSA) is 73.5 Å². The van der Waals surface area contributed by atoms with Crippen LogP contribution in [0, 0.1) is 5.82 Å². The first-order valence-corrected chi connectivity index (χ1v) is 9.44. The number of amides is 3. The molecule has 1 heterocycles. The first-order chi connectivity index (χ1) is 13.5. The van der Waals surface area contributed by atoms with Crippen LogP contribution in [0.25, 0.3) is 0 Å². The number of nitrogens with zero attached hydrogens (tertiary/aromatic N) is 1. The van der Waals surface area contributed by atoms with Crippen LogP contribution in [0.5, 0.6) is 0 Å². The highest BCUT2D eigenvalue weighted by atomic mass is 19.1. The van der Waals surface area contributed by atoms with Crippen molar-refractivity contribution in [1.29, 1.82) is 0 Å². The molecular weight excluding hydrogens is 359 g/mol. The van der Waals surface area contributed by atoms with E-state index < -0.39 is 0 Å². The van der Waals surface area contributed by atoms with Gasteiger partial charge >= 0.3 is 6.03 Å². The van der Waals surface area contributed by atoms with Gasteiger partial charge in [-0.15, -0.1) is 0 Å². The molecule has 1 aliphatic heterocycles. The number of nitrogens with one attached hydrogen (secondary N) is 3. The zero-order chi connectivity index (χ0) is 19.9. The van der Waals surface area contributed by atoms with Gasteiger partial charge in [-0.2, -0.15) is 0 Å². The van der Waals surface area contributed by atoms with Crippen LogP contribution in [0.4, 0.5) is 20.6 Å². The summed E-state index contributed by atoms with van der Waals surface area (Å²) in [5.74, 6) is -0.379. The van der Waals surface area contributed by atoms with E-state index in [2.05, 4.69) is 20.9 Å². The molecule has 0 spiro atoms. The summed E-state index contributed by atoms with van der Waals surface area (Å²) in [7, 11) is 0. The van der Waals surface area contributed by atoms with Gasteiger partial charge < -0.3 is 16.0 Å². The average Bonchev–Trinajstić information content (AvgIpc) is 2.70. The molecule has 0 radical (unpaired) electrons. The first-order valence-electron chi connectivity index (χ1n) is 9.44. The fraction of sp³-hybridized carbons (Fsp3) is 0.333. The Balaban J connectivity index is 1.42. The smallest absolute Gasteiger partial charge is 0.319 e. The van der Waals surface area contributed by atoms with Gasteiger partial charge in [0.05, 0.1) is 6.04 Å². The Hall–Kier alpha value is -2.93. The van der Waals surface area contributed by atoms with E-state index >= 15 is 0 Å². The Morgan fingerprint density at radius 3 is 2.21 bits per heavy atom. The highest BCUT2D eigenvalue weighted by Gasteiger charge is 2.27. The third kappa shape index (κ3) is 5.53. The summed E-state index contributed by atoms with van der Waals surface area (Å²) in [4.78, 5) is 26.7. The molecule has 3 amide bonds. The minimum atomic E-state index is -0.344. The SMILES string of the molecule is C[C@H](C(=O)Nc1ccccc1)N1CCC(NC(=O)Nc2ccc(F)cc2)CC1. The van der Waals surface area contributed by atoms with Crippen LogP contribution in [0.2, 0.25) is 0 Å². The molecule has 3 rings (SSSR count). The standard InChI is InChI=1S/C21H25FN4O2/c1-15(20(27)23-17-5-3-2-4-6-17)26-13-11-19(12-14-26)25-21(28)24-18-9-7-16(22)8-10-18/h2-10,15,19H,11-14H2,1H3,(H,23,27)(H2,24,25,28)/t15-/m1/s1. The number of para-hydroxylation sites is 1. The predicted octanol–water partition coefficient (Wildman–Crippen LogP) is 3.44. The Morgan fingerprint density at radius 1 is 0.964 bits per heavy atom. The van der Waals surface area contributed by atoms with Crippen molar-refractivity contribution in [3.05, 3.63) is 60.4 Å². The molecule has 1 fully saturated rings. The molecule has 1 aliphatic rings. The Labute approximate surface area is 164 Å². The number of urea groups is 1. The molecule has 0 aliphatic carbocycles. The molecule has 1 saturated heterocycles. The number of carbonyl (C=O) groups is 2. The maximum Gasteiger partial charge on any atom is 0.319 e. The molecule has 3 N–H and O–H groups in total. The van der Waals surface area contributed by atoms with Crippen LogP contribution >= 0.6 is 0 Å². The van der Waals surface area contributed by atoms with Gasteiger partial charge in [0.15, 0.2) is 0 Å². The van der Waals surface area contributed by atoms with Crippen LogP contribution in [0.3, 0.4) is 0 Å². The van der Waals surface area contributed by atoms with Crippen molar-refractivity contribution in [2.24, 2.45) is 0 Å². The fourth-order valence-electron chi connectivity index (χ4n) is 3.25. The second-order valence-electron chi connectivity index (χ2n) is 6.95. The highest BCUT2D eigenvalue weighted by Crippen LogP contribution is 2.16. The van der Waals surface area contributed by atoms with Crippen LogP contribution < -0.4 is 16.0 Å². The quantitative estimate of drug-likeness (QED) is 0.739. The van der Waals surface area contributed by atoms with Crippen LogP contribution in [-0.2, 0) is 4.79 Å². The fourth-order valence-corrected chi connectivity index (χ4v) is 3.25. The summed E-state index contributed by atoms with van der Waals surface area (Å²) in [5.41, 5.74) is 1.33. The number of hydrogen-bond donors (Lipinski definition) is 3. The molecule has 2 aromatic rings. The zero-order valence-corrected chi connectivity index (χ0v) is 15.8. The van der Waals surface area contributed by atoms with Crippen molar-refractivity contribution >= 4 is 23.3 Å². The van der Waals surface area contributed by atoms with E-state index in [1.165, 1.54) is 24.3 Å². The van der Waals surface area contributed by atoms with Gasteiger partial charge in [-0.25, -0.2) is 9.18 Å². The van der Waals surface area contributed by atoms with Crippen molar-refractivity contribution < 1.29 is 14.0 Å². The lowest BCUT2D eigenvalue weighted by atomic mass is 10.0. The molecule has 0 unspecified atom stereocenters. The lowest BCUT2D eigenvalue weighted by Gasteiger charge is -2.35. The number of piperidine rings is 1. The van der Waals surface area contributed by atoms with Crippen molar-refractivity contribution in [2.45, 2.75) is 31.8 Å². The number of benzene rings is 2. The van der Waals surface area contributed by atoms with E-state index in [1.54, 1.807) is 0 Å². The molecule has 0 aromatic heterocycles. The first kappa shape index (κ1) is 19.8. The van der Waals surface area contributed by atoms with E-state index in [4.69, 9.17) is 0 Å².